The first kappa shape index (κ1) is 22.0. The second-order valence-electron chi connectivity index (χ2n) is 7.93. The van der Waals surface area contributed by atoms with Gasteiger partial charge in [0.05, 0.1) is 5.56 Å². The lowest BCUT2D eigenvalue weighted by atomic mass is 9.96. The quantitative estimate of drug-likeness (QED) is 0.462. The zero-order chi connectivity index (χ0) is 23.5. The van der Waals surface area contributed by atoms with E-state index < -0.39 is 23.9 Å². The predicted octanol–water partition coefficient (Wildman–Crippen LogP) is 5.80. The molecular weight excluding hydrogens is 445 g/mol. The molecule has 2 aliphatic rings. The Hall–Kier alpha value is -3.81. The number of halogens is 3. The van der Waals surface area contributed by atoms with Crippen LogP contribution in [0, 0.1) is 0 Å². The largest absolute Gasteiger partial charge is 0.489 e. The Balaban J connectivity index is 1.29. The van der Waals surface area contributed by atoms with E-state index in [1.54, 1.807) is 0 Å². The third-order valence-corrected chi connectivity index (χ3v) is 5.67. The van der Waals surface area contributed by atoms with Gasteiger partial charge in [0.1, 0.15) is 31.0 Å². The molecule has 0 N–H and O–H groups in total. The first-order valence-electron chi connectivity index (χ1n) is 10.7. The van der Waals surface area contributed by atoms with E-state index in [0.29, 0.717) is 6.61 Å². The van der Waals surface area contributed by atoms with Crippen LogP contribution in [0.3, 0.4) is 0 Å². The highest BCUT2D eigenvalue weighted by molar-refractivity contribution is 5.86. The molecule has 0 saturated carbocycles. The van der Waals surface area contributed by atoms with E-state index in [1.165, 1.54) is 18.2 Å². The van der Waals surface area contributed by atoms with Crippen molar-refractivity contribution in [1.29, 1.82) is 0 Å². The van der Waals surface area contributed by atoms with Crippen molar-refractivity contribution in [1.82, 2.24) is 0 Å². The van der Waals surface area contributed by atoms with Gasteiger partial charge in [-0.3, -0.25) is 0 Å². The summed E-state index contributed by atoms with van der Waals surface area (Å²) < 4.78 is 57.4. The van der Waals surface area contributed by atoms with Gasteiger partial charge in [-0.05, 0) is 34.9 Å². The molecular formula is C26H20F3N2O3. The summed E-state index contributed by atoms with van der Waals surface area (Å²) in [7, 11) is 0. The van der Waals surface area contributed by atoms with Crippen LogP contribution in [0.2, 0.25) is 0 Å². The lowest BCUT2D eigenvalue weighted by Crippen LogP contribution is -2.28. The number of alkyl halides is 3. The standard InChI is InChI=1S/C26H20F3N2O3/c27-26(28,29)21-9-5-4-8-20(21)23-24(34-16-30-23)25-31-22(15-33-25)18-10-12-19(13-11-18)32-14-17-6-2-1-3-7-17/h1-13,22-24H,14-15H2. The summed E-state index contributed by atoms with van der Waals surface area (Å²) in [6.07, 6.45) is -3.06. The third-order valence-electron chi connectivity index (χ3n) is 5.67. The topological polar surface area (TPSA) is 52.4 Å². The first-order chi connectivity index (χ1) is 16.5. The maximum atomic E-state index is 13.5. The Kier molecular flexibility index (Phi) is 5.96. The highest BCUT2D eigenvalue weighted by atomic mass is 19.4. The molecule has 0 saturated heterocycles. The SMILES string of the molecule is FC(F)(F)c1ccccc1C1N=[C]OC1C1=NC(c2ccc(OCc3ccccc3)cc2)CO1. The van der Waals surface area contributed by atoms with Gasteiger partial charge in [0.25, 0.3) is 6.40 Å². The predicted molar refractivity (Wildman–Crippen MR) is 120 cm³/mol. The summed E-state index contributed by atoms with van der Waals surface area (Å²) in [5.41, 5.74) is 1.21. The summed E-state index contributed by atoms with van der Waals surface area (Å²) in [5.74, 6) is 0.937. The van der Waals surface area contributed by atoms with Crippen LogP contribution in [0.1, 0.15) is 34.3 Å². The lowest BCUT2D eigenvalue weighted by molar-refractivity contribution is -0.138. The summed E-state index contributed by atoms with van der Waals surface area (Å²) in [6.45, 7) is 0.721. The van der Waals surface area contributed by atoms with Crippen LogP contribution in [-0.2, 0) is 22.3 Å². The van der Waals surface area contributed by atoms with Crippen LogP contribution < -0.4 is 4.74 Å². The van der Waals surface area contributed by atoms with E-state index >= 15 is 0 Å². The zero-order valence-electron chi connectivity index (χ0n) is 17.9. The third kappa shape index (κ3) is 4.62. The molecule has 3 atom stereocenters. The fraction of sp³-hybridized carbons (Fsp3) is 0.231. The fourth-order valence-corrected chi connectivity index (χ4v) is 3.95. The maximum Gasteiger partial charge on any atom is 0.416 e. The number of ether oxygens (including phenoxy) is 3. The molecule has 3 aromatic rings. The minimum atomic E-state index is -4.51. The molecule has 0 aromatic heterocycles. The number of aliphatic imine (C=N–C) groups is 2. The van der Waals surface area contributed by atoms with Crippen molar-refractivity contribution in [2.75, 3.05) is 6.61 Å². The molecule has 34 heavy (non-hydrogen) atoms. The number of hydrogen-bond donors (Lipinski definition) is 0. The monoisotopic (exact) mass is 465 g/mol. The van der Waals surface area contributed by atoms with Crippen LogP contribution in [0.15, 0.2) is 88.8 Å². The van der Waals surface area contributed by atoms with Gasteiger partial charge >= 0.3 is 6.18 Å². The lowest BCUT2D eigenvalue weighted by Gasteiger charge is -2.20. The Morgan fingerprint density at radius 1 is 0.941 bits per heavy atom. The van der Waals surface area contributed by atoms with Crippen molar-refractivity contribution in [2.24, 2.45) is 9.98 Å². The molecule has 8 heteroatoms. The molecule has 2 aliphatic heterocycles. The highest BCUT2D eigenvalue weighted by Gasteiger charge is 2.42. The minimum absolute atomic E-state index is 0.000308. The molecule has 2 heterocycles. The summed E-state index contributed by atoms with van der Waals surface area (Å²) >= 11 is 0. The summed E-state index contributed by atoms with van der Waals surface area (Å²) in [4.78, 5) is 8.59. The van der Waals surface area contributed by atoms with Gasteiger partial charge in [0, 0.05) is 0 Å². The van der Waals surface area contributed by atoms with E-state index in [9.17, 15) is 13.2 Å². The maximum absolute atomic E-state index is 13.5. The van der Waals surface area contributed by atoms with E-state index in [2.05, 4.69) is 16.4 Å². The molecule has 0 aliphatic carbocycles. The van der Waals surface area contributed by atoms with Crippen molar-refractivity contribution < 1.29 is 27.4 Å². The zero-order valence-corrected chi connectivity index (χ0v) is 17.9. The van der Waals surface area contributed by atoms with Crippen LogP contribution in [-0.4, -0.2) is 25.0 Å². The molecule has 5 nitrogen and oxygen atoms in total. The average molecular weight is 465 g/mol. The smallest absolute Gasteiger partial charge is 0.416 e. The molecule has 173 valence electrons. The number of benzene rings is 3. The van der Waals surface area contributed by atoms with Gasteiger partial charge in [-0.15, -0.1) is 0 Å². The van der Waals surface area contributed by atoms with Crippen molar-refractivity contribution in [3.63, 3.8) is 0 Å². The Bertz CT molecular complexity index is 1190. The summed E-state index contributed by atoms with van der Waals surface area (Å²) in [6, 6.07) is 21.4. The van der Waals surface area contributed by atoms with Gasteiger partial charge in [0.15, 0.2) is 0 Å². The molecule has 0 amide bonds. The van der Waals surface area contributed by atoms with E-state index in [-0.39, 0.29) is 24.1 Å². The molecule has 0 spiro atoms. The van der Waals surface area contributed by atoms with E-state index in [0.717, 1.165) is 22.9 Å². The van der Waals surface area contributed by atoms with Gasteiger partial charge < -0.3 is 14.2 Å². The van der Waals surface area contributed by atoms with Gasteiger partial charge in [-0.2, -0.15) is 13.2 Å². The number of nitrogens with zero attached hydrogens (tertiary/aromatic N) is 2. The average Bonchev–Trinajstić information content (AvgIpc) is 3.53. The minimum Gasteiger partial charge on any atom is -0.489 e. The molecule has 3 unspecified atom stereocenters. The molecule has 0 bridgehead atoms. The van der Waals surface area contributed by atoms with Crippen molar-refractivity contribution in [3.8, 4) is 5.75 Å². The molecule has 5 rings (SSSR count). The highest BCUT2D eigenvalue weighted by Crippen LogP contribution is 2.40. The van der Waals surface area contributed by atoms with Crippen LogP contribution in [0.25, 0.3) is 0 Å². The normalized spacial score (nSPS) is 21.6. The summed E-state index contributed by atoms with van der Waals surface area (Å²) in [5, 5.41) is 0. The van der Waals surface area contributed by atoms with Crippen LogP contribution >= 0.6 is 0 Å². The van der Waals surface area contributed by atoms with Gasteiger partial charge in [-0.1, -0.05) is 60.7 Å². The second kappa shape index (κ2) is 9.21. The molecule has 0 fully saturated rings. The van der Waals surface area contributed by atoms with Crippen molar-refractivity contribution in [2.45, 2.75) is 31.0 Å². The van der Waals surface area contributed by atoms with Crippen molar-refractivity contribution >= 4 is 12.3 Å². The first-order valence-corrected chi connectivity index (χ1v) is 10.7. The van der Waals surface area contributed by atoms with E-state index in [4.69, 9.17) is 14.2 Å². The van der Waals surface area contributed by atoms with E-state index in [1.807, 2.05) is 54.6 Å². The van der Waals surface area contributed by atoms with Crippen LogP contribution in [0.4, 0.5) is 13.2 Å². The molecule has 3 aromatic carbocycles. The Labute approximate surface area is 194 Å². The van der Waals surface area contributed by atoms with Gasteiger partial charge in [-0.25, -0.2) is 9.98 Å². The Morgan fingerprint density at radius 2 is 1.68 bits per heavy atom. The van der Waals surface area contributed by atoms with Crippen LogP contribution in [0.5, 0.6) is 5.75 Å². The number of hydrogen-bond acceptors (Lipinski definition) is 5. The van der Waals surface area contributed by atoms with Crippen molar-refractivity contribution in [3.05, 3.63) is 101 Å². The number of rotatable bonds is 6. The second-order valence-corrected chi connectivity index (χ2v) is 7.93. The molecule has 1 radical (unpaired) electrons. The van der Waals surface area contributed by atoms with Gasteiger partial charge in [0.2, 0.25) is 12.0 Å². The Morgan fingerprint density at radius 3 is 2.44 bits per heavy atom. The fourth-order valence-electron chi connectivity index (χ4n) is 3.95.